The minimum absolute atomic E-state index is 0.164. The summed E-state index contributed by atoms with van der Waals surface area (Å²) in [6, 6.07) is 8.23. The molecule has 106 valence electrons. The van der Waals surface area contributed by atoms with Crippen molar-refractivity contribution in [2.45, 2.75) is 52.1 Å². The second-order valence-corrected chi connectivity index (χ2v) is 6.44. The number of nitrogens with two attached hydrogens (primary N) is 1. The second-order valence-electron chi connectivity index (χ2n) is 6.44. The van der Waals surface area contributed by atoms with Crippen molar-refractivity contribution in [1.29, 1.82) is 0 Å². The fraction of sp³-hybridized carbons (Fsp3) is 0.647. The number of aliphatic hydroxyl groups is 1. The summed E-state index contributed by atoms with van der Waals surface area (Å²) in [5.41, 5.74) is 7.30. The highest BCUT2D eigenvalue weighted by atomic mass is 16.3. The zero-order chi connectivity index (χ0) is 14.1. The molecule has 0 heterocycles. The van der Waals surface area contributed by atoms with Gasteiger partial charge in [0.25, 0.3) is 0 Å². The molecule has 3 atom stereocenters. The highest BCUT2D eigenvalue weighted by Gasteiger charge is 2.50. The van der Waals surface area contributed by atoms with Crippen LogP contribution < -0.4 is 5.73 Å². The monoisotopic (exact) mass is 261 g/mol. The lowest BCUT2D eigenvalue weighted by atomic mass is 9.67. The third kappa shape index (κ3) is 2.44. The molecule has 2 nitrogen and oxygen atoms in total. The summed E-state index contributed by atoms with van der Waals surface area (Å²) in [6.07, 6.45) is 4.45. The third-order valence-corrected chi connectivity index (χ3v) is 5.32. The van der Waals surface area contributed by atoms with Crippen LogP contribution in [0.25, 0.3) is 0 Å². The molecule has 1 aliphatic carbocycles. The van der Waals surface area contributed by atoms with Crippen molar-refractivity contribution in [3.05, 3.63) is 35.4 Å². The van der Waals surface area contributed by atoms with Gasteiger partial charge in [-0.15, -0.1) is 0 Å². The molecule has 1 saturated carbocycles. The Kier molecular flexibility index (Phi) is 4.03. The van der Waals surface area contributed by atoms with E-state index in [0.717, 1.165) is 18.4 Å². The quantitative estimate of drug-likeness (QED) is 0.873. The minimum Gasteiger partial charge on any atom is -0.385 e. The number of benzene rings is 1. The van der Waals surface area contributed by atoms with E-state index in [-0.39, 0.29) is 5.41 Å². The SMILES string of the molecule is CCC1CCC(CN)(C(C)(O)c2ccc(C)cc2)C1. The smallest absolute Gasteiger partial charge is 0.0936 e. The van der Waals surface area contributed by atoms with Gasteiger partial charge in [0.15, 0.2) is 0 Å². The topological polar surface area (TPSA) is 46.2 Å². The Morgan fingerprint density at radius 2 is 2.00 bits per heavy atom. The van der Waals surface area contributed by atoms with Crippen molar-refractivity contribution in [2.75, 3.05) is 6.54 Å². The first-order valence-corrected chi connectivity index (χ1v) is 7.45. The summed E-state index contributed by atoms with van der Waals surface area (Å²) in [4.78, 5) is 0. The number of aryl methyl sites for hydroxylation is 1. The first-order chi connectivity index (χ1) is 8.95. The maximum absolute atomic E-state index is 11.2. The third-order valence-electron chi connectivity index (χ3n) is 5.32. The molecular weight excluding hydrogens is 234 g/mol. The molecule has 3 N–H and O–H groups in total. The van der Waals surface area contributed by atoms with Crippen LogP contribution in [0.5, 0.6) is 0 Å². The van der Waals surface area contributed by atoms with Gasteiger partial charge in [0.05, 0.1) is 5.60 Å². The van der Waals surface area contributed by atoms with Crippen molar-refractivity contribution >= 4 is 0 Å². The summed E-state index contributed by atoms with van der Waals surface area (Å²) in [5.74, 6) is 0.709. The van der Waals surface area contributed by atoms with Gasteiger partial charge in [-0.2, -0.15) is 0 Å². The summed E-state index contributed by atoms with van der Waals surface area (Å²) in [6.45, 7) is 6.81. The fourth-order valence-corrected chi connectivity index (χ4v) is 3.60. The molecule has 0 amide bonds. The summed E-state index contributed by atoms with van der Waals surface area (Å²) in [7, 11) is 0. The molecule has 3 unspecified atom stereocenters. The van der Waals surface area contributed by atoms with Crippen LogP contribution in [-0.2, 0) is 5.60 Å². The maximum Gasteiger partial charge on any atom is 0.0936 e. The molecule has 0 bridgehead atoms. The average molecular weight is 261 g/mol. The Hall–Kier alpha value is -0.860. The Morgan fingerprint density at radius 1 is 1.37 bits per heavy atom. The minimum atomic E-state index is -0.834. The van der Waals surface area contributed by atoms with E-state index >= 15 is 0 Å². The van der Waals surface area contributed by atoms with Gasteiger partial charge in [-0.05, 0) is 44.6 Å². The zero-order valence-corrected chi connectivity index (χ0v) is 12.4. The molecular formula is C17H27NO. The highest BCUT2D eigenvalue weighted by Crippen LogP contribution is 2.53. The molecule has 1 aromatic rings. The van der Waals surface area contributed by atoms with Crippen LogP contribution in [0.4, 0.5) is 0 Å². The molecule has 0 saturated heterocycles. The Bertz CT molecular complexity index is 423. The fourth-order valence-electron chi connectivity index (χ4n) is 3.60. The first-order valence-electron chi connectivity index (χ1n) is 7.45. The van der Waals surface area contributed by atoms with Gasteiger partial charge in [0.2, 0.25) is 0 Å². The molecule has 1 aromatic carbocycles. The molecule has 19 heavy (non-hydrogen) atoms. The molecule has 2 rings (SSSR count). The Balaban J connectivity index is 2.33. The van der Waals surface area contributed by atoms with Gasteiger partial charge in [0.1, 0.15) is 0 Å². The van der Waals surface area contributed by atoms with Crippen LogP contribution in [0.15, 0.2) is 24.3 Å². The van der Waals surface area contributed by atoms with E-state index in [4.69, 9.17) is 5.73 Å². The summed E-state index contributed by atoms with van der Waals surface area (Å²) in [5, 5.41) is 11.2. The molecule has 0 aliphatic heterocycles. The summed E-state index contributed by atoms with van der Waals surface area (Å²) >= 11 is 0. The lowest BCUT2D eigenvalue weighted by Gasteiger charge is -2.43. The largest absolute Gasteiger partial charge is 0.385 e. The van der Waals surface area contributed by atoms with Crippen LogP contribution in [0.2, 0.25) is 0 Å². The van der Waals surface area contributed by atoms with Crippen LogP contribution in [0, 0.1) is 18.3 Å². The van der Waals surface area contributed by atoms with Crippen LogP contribution in [-0.4, -0.2) is 11.7 Å². The van der Waals surface area contributed by atoms with E-state index in [1.54, 1.807) is 0 Å². The average Bonchev–Trinajstić information content (AvgIpc) is 2.84. The van der Waals surface area contributed by atoms with Gasteiger partial charge < -0.3 is 10.8 Å². The second kappa shape index (κ2) is 5.26. The van der Waals surface area contributed by atoms with E-state index in [9.17, 15) is 5.11 Å². The van der Waals surface area contributed by atoms with E-state index in [2.05, 4.69) is 26.0 Å². The number of rotatable bonds is 4. The van der Waals surface area contributed by atoms with Gasteiger partial charge in [-0.3, -0.25) is 0 Å². The predicted octanol–water partition coefficient (Wildman–Crippen LogP) is 3.36. The van der Waals surface area contributed by atoms with Crippen LogP contribution >= 0.6 is 0 Å². The van der Waals surface area contributed by atoms with Crippen molar-refractivity contribution in [2.24, 2.45) is 17.1 Å². The lowest BCUT2D eigenvalue weighted by Crippen LogP contribution is -2.47. The molecule has 0 spiro atoms. The standard InChI is InChI=1S/C17H27NO/c1-4-14-9-10-17(11-14,12-18)16(3,19)15-7-5-13(2)6-8-15/h5-8,14,19H,4,9-12,18H2,1-3H3. The molecule has 1 fully saturated rings. The predicted molar refractivity (Wildman–Crippen MR) is 79.9 cm³/mol. The van der Waals surface area contributed by atoms with Crippen molar-refractivity contribution in [3.8, 4) is 0 Å². The number of hydrogen-bond donors (Lipinski definition) is 2. The zero-order valence-electron chi connectivity index (χ0n) is 12.4. The molecule has 0 aromatic heterocycles. The van der Waals surface area contributed by atoms with E-state index in [1.807, 2.05) is 19.1 Å². The molecule has 1 aliphatic rings. The Morgan fingerprint density at radius 3 is 2.47 bits per heavy atom. The maximum atomic E-state index is 11.2. The van der Waals surface area contributed by atoms with Crippen LogP contribution in [0.1, 0.15) is 50.7 Å². The molecule has 0 radical (unpaired) electrons. The van der Waals surface area contributed by atoms with Gasteiger partial charge in [0, 0.05) is 12.0 Å². The number of hydrogen-bond acceptors (Lipinski definition) is 2. The van der Waals surface area contributed by atoms with Gasteiger partial charge >= 0.3 is 0 Å². The van der Waals surface area contributed by atoms with E-state index < -0.39 is 5.60 Å². The lowest BCUT2D eigenvalue weighted by molar-refractivity contribution is -0.0715. The van der Waals surface area contributed by atoms with Crippen molar-refractivity contribution in [3.63, 3.8) is 0 Å². The van der Waals surface area contributed by atoms with E-state index in [1.165, 1.54) is 18.4 Å². The Labute approximate surface area is 117 Å². The highest BCUT2D eigenvalue weighted by molar-refractivity contribution is 5.29. The first kappa shape index (κ1) is 14.5. The summed E-state index contributed by atoms with van der Waals surface area (Å²) < 4.78 is 0. The van der Waals surface area contributed by atoms with Crippen molar-refractivity contribution in [1.82, 2.24) is 0 Å². The van der Waals surface area contributed by atoms with Crippen LogP contribution in [0.3, 0.4) is 0 Å². The normalized spacial score (nSPS) is 30.3. The van der Waals surface area contributed by atoms with E-state index in [0.29, 0.717) is 12.5 Å². The molecule has 2 heteroatoms. The van der Waals surface area contributed by atoms with Crippen molar-refractivity contribution < 1.29 is 5.11 Å². The van der Waals surface area contributed by atoms with Gasteiger partial charge in [-0.1, -0.05) is 43.2 Å². The van der Waals surface area contributed by atoms with Gasteiger partial charge in [-0.25, -0.2) is 0 Å².